The molecule has 0 aromatic heterocycles. The van der Waals surface area contributed by atoms with Crippen molar-refractivity contribution in [1.29, 1.82) is 0 Å². The van der Waals surface area contributed by atoms with Crippen molar-refractivity contribution in [3.63, 3.8) is 0 Å². The molecule has 1 rings (SSSR count). The van der Waals surface area contributed by atoms with Crippen molar-refractivity contribution in [1.82, 2.24) is 10.2 Å². The van der Waals surface area contributed by atoms with Gasteiger partial charge in [-0.15, -0.1) is 0 Å². The van der Waals surface area contributed by atoms with E-state index < -0.39 is 0 Å². The van der Waals surface area contributed by atoms with Crippen LogP contribution >= 0.6 is 12.2 Å². The summed E-state index contributed by atoms with van der Waals surface area (Å²) in [6.45, 7) is 2.38. The summed E-state index contributed by atoms with van der Waals surface area (Å²) in [7, 11) is 0. The molecule has 6 heteroatoms. The molecule has 0 aromatic rings. The lowest BCUT2D eigenvalue weighted by molar-refractivity contribution is -0.139. The molecule has 1 aliphatic rings. The van der Waals surface area contributed by atoms with Gasteiger partial charge in [0.15, 0.2) is 0 Å². The first-order chi connectivity index (χ1) is 6.54. The topological polar surface area (TPSA) is 75.4 Å². The molecule has 1 saturated heterocycles. The lowest BCUT2D eigenvalue weighted by Crippen LogP contribution is -2.59. The van der Waals surface area contributed by atoms with E-state index >= 15 is 0 Å². The zero-order chi connectivity index (χ0) is 10.7. The normalized spacial score (nSPS) is 23.4. The number of imide groups is 1. The van der Waals surface area contributed by atoms with Gasteiger partial charge in [-0.05, 0) is 6.42 Å². The number of nitrogens with one attached hydrogen (secondary N) is 1. The minimum absolute atomic E-state index is 0.182. The highest BCUT2D eigenvalue weighted by Gasteiger charge is 2.32. The molecule has 3 N–H and O–H groups in total. The molecule has 0 radical (unpaired) electrons. The fourth-order valence-electron chi connectivity index (χ4n) is 1.53. The Labute approximate surface area is 87.6 Å². The van der Waals surface area contributed by atoms with Gasteiger partial charge in [-0.1, -0.05) is 19.1 Å². The second kappa shape index (κ2) is 4.47. The maximum atomic E-state index is 11.4. The van der Waals surface area contributed by atoms with Crippen LogP contribution in [0, 0.1) is 0 Å². The molecule has 78 valence electrons. The molecule has 1 heterocycles. The van der Waals surface area contributed by atoms with E-state index in [4.69, 9.17) is 18.0 Å². The fraction of sp³-hybridized carbons (Fsp3) is 0.625. The molecule has 0 saturated carbocycles. The number of piperazine rings is 1. The number of carbonyl (C=O) groups excluding carboxylic acids is 2. The summed E-state index contributed by atoms with van der Waals surface area (Å²) in [5.74, 6) is -0.559. The first kappa shape index (κ1) is 11.1. The molecule has 1 atom stereocenters. The van der Waals surface area contributed by atoms with Crippen molar-refractivity contribution >= 4 is 29.0 Å². The van der Waals surface area contributed by atoms with Crippen molar-refractivity contribution < 1.29 is 9.59 Å². The molecule has 5 nitrogen and oxygen atoms in total. The van der Waals surface area contributed by atoms with Crippen molar-refractivity contribution in [3.05, 3.63) is 0 Å². The van der Waals surface area contributed by atoms with Crippen LogP contribution in [0.5, 0.6) is 0 Å². The average Bonchev–Trinajstić information content (AvgIpc) is 2.01. The summed E-state index contributed by atoms with van der Waals surface area (Å²) < 4.78 is 0. The highest BCUT2D eigenvalue weighted by atomic mass is 32.1. The number of hydrogen-bond donors (Lipinski definition) is 2. The highest BCUT2D eigenvalue weighted by Crippen LogP contribution is 2.08. The number of hydrogen-bond acceptors (Lipinski definition) is 4. The van der Waals surface area contributed by atoms with Crippen LogP contribution in [0.25, 0.3) is 0 Å². The number of rotatable bonds is 3. The highest BCUT2D eigenvalue weighted by molar-refractivity contribution is 7.80. The second-order valence-corrected chi connectivity index (χ2v) is 3.73. The van der Waals surface area contributed by atoms with E-state index in [1.54, 1.807) is 4.90 Å². The van der Waals surface area contributed by atoms with Crippen molar-refractivity contribution in [3.8, 4) is 0 Å². The summed E-state index contributed by atoms with van der Waals surface area (Å²) >= 11 is 4.75. The number of thiocarbonyl (C=S) groups is 1. The first-order valence-electron chi connectivity index (χ1n) is 4.40. The Morgan fingerprint density at radius 2 is 2.36 bits per heavy atom. The Hall–Kier alpha value is -1.01. The van der Waals surface area contributed by atoms with Crippen molar-refractivity contribution in [2.45, 2.75) is 19.4 Å². The third-order valence-electron chi connectivity index (χ3n) is 2.10. The Balaban J connectivity index is 2.72. The number of nitrogens with two attached hydrogens (primary N) is 1. The quantitative estimate of drug-likeness (QED) is 0.467. The van der Waals surface area contributed by atoms with Crippen LogP contribution in [0.15, 0.2) is 0 Å². The van der Waals surface area contributed by atoms with Gasteiger partial charge in [0.25, 0.3) is 0 Å². The molecular weight excluding hydrogens is 202 g/mol. The van der Waals surface area contributed by atoms with E-state index in [2.05, 4.69) is 5.32 Å². The molecule has 0 spiro atoms. The summed E-state index contributed by atoms with van der Waals surface area (Å²) in [4.78, 5) is 24.4. The first-order valence-corrected chi connectivity index (χ1v) is 4.81. The van der Waals surface area contributed by atoms with Crippen molar-refractivity contribution in [2.24, 2.45) is 5.73 Å². The zero-order valence-corrected chi connectivity index (χ0v) is 8.76. The van der Waals surface area contributed by atoms with Crippen LogP contribution in [0.4, 0.5) is 0 Å². The SMILES string of the molecule is CCC1C(=O)NC(=O)CN1CC(N)=S. The molecule has 2 amide bonds. The molecule has 0 aliphatic carbocycles. The lowest BCUT2D eigenvalue weighted by atomic mass is 10.1. The third-order valence-corrected chi connectivity index (χ3v) is 2.23. The standard InChI is InChI=1S/C8H13N3O2S/c1-2-5-8(13)10-7(12)4-11(5)3-6(9)14/h5H,2-4H2,1H3,(H2,9,14)(H,10,12,13). The Kier molecular flexibility index (Phi) is 3.54. The summed E-state index contributed by atoms with van der Waals surface area (Å²) in [6.07, 6.45) is 0.641. The molecular formula is C8H13N3O2S. The van der Waals surface area contributed by atoms with Crippen LogP contribution in [0.1, 0.15) is 13.3 Å². The van der Waals surface area contributed by atoms with E-state index in [1.165, 1.54) is 0 Å². The van der Waals surface area contributed by atoms with Crippen LogP contribution in [0.3, 0.4) is 0 Å². The van der Waals surface area contributed by atoms with Crippen LogP contribution in [-0.4, -0.2) is 40.8 Å². The summed E-state index contributed by atoms with van der Waals surface area (Å²) in [6, 6.07) is -0.297. The van der Waals surface area contributed by atoms with Gasteiger partial charge < -0.3 is 5.73 Å². The Morgan fingerprint density at radius 3 is 2.86 bits per heavy atom. The van der Waals surface area contributed by atoms with Gasteiger partial charge in [0.05, 0.1) is 17.6 Å². The molecule has 0 aromatic carbocycles. The monoisotopic (exact) mass is 215 g/mol. The van der Waals surface area contributed by atoms with E-state index in [0.717, 1.165) is 0 Å². The van der Waals surface area contributed by atoms with Gasteiger partial charge in [-0.2, -0.15) is 0 Å². The smallest absolute Gasteiger partial charge is 0.243 e. The van der Waals surface area contributed by atoms with E-state index in [1.807, 2.05) is 6.92 Å². The van der Waals surface area contributed by atoms with Gasteiger partial charge in [-0.25, -0.2) is 0 Å². The van der Waals surface area contributed by atoms with Gasteiger partial charge >= 0.3 is 0 Å². The maximum absolute atomic E-state index is 11.4. The minimum Gasteiger partial charge on any atom is -0.392 e. The number of amides is 2. The van der Waals surface area contributed by atoms with E-state index in [9.17, 15) is 9.59 Å². The van der Waals surface area contributed by atoms with Crippen LogP contribution < -0.4 is 11.1 Å². The van der Waals surface area contributed by atoms with Gasteiger partial charge in [0, 0.05) is 6.54 Å². The van der Waals surface area contributed by atoms with Gasteiger partial charge in [0.1, 0.15) is 0 Å². The Morgan fingerprint density at radius 1 is 1.71 bits per heavy atom. The molecule has 1 aliphatic heterocycles. The predicted octanol–water partition coefficient (Wildman–Crippen LogP) is -0.990. The molecule has 0 bridgehead atoms. The zero-order valence-electron chi connectivity index (χ0n) is 7.95. The average molecular weight is 215 g/mol. The van der Waals surface area contributed by atoms with Crippen LogP contribution in [-0.2, 0) is 9.59 Å². The lowest BCUT2D eigenvalue weighted by Gasteiger charge is -2.32. The predicted molar refractivity (Wildman–Crippen MR) is 55.6 cm³/mol. The Bertz CT molecular complexity index is 278. The van der Waals surface area contributed by atoms with Gasteiger partial charge in [-0.3, -0.25) is 19.8 Å². The van der Waals surface area contributed by atoms with E-state index in [-0.39, 0.29) is 24.4 Å². The molecule has 14 heavy (non-hydrogen) atoms. The minimum atomic E-state index is -0.297. The molecule has 1 fully saturated rings. The number of nitrogens with zero attached hydrogens (tertiary/aromatic N) is 1. The largest absolute Gasteiger partial charge is 0.392 e. The third kappa shape index (κ3) is 2.49. The van der Waals surface area contributed by atoms with Crippen molar-refractivity contribution in [2.75, 3.05) is 13.1 Å². The molecule has 1 unspecified atom stereocenters. The maximum Gasteiger partial charge on any atom is 0.243 e. The van der Waals surface area contributed by atoms with Gasteiger partial charge in [0.2, 0.25) is 11.8 Å². The number of carbonyl (C=O) groups is 2. The second-order valence-electron chi connectivity index (χ2n) is 3.21. The van der Waals surface area contributed by atoms with Crippen LogP contribution in [0.2, 0.25) is 0 Å². The van der Waals surface area contributed by atoms with E-state index in [0.29, 0.717) is 18.0 Å². The fourth-order valence-corrected chi connectivity index (χ4v) is 1.70. The summed E-state index contributed by atoms with van der Waals surface area (Å²) in [5, 5.41) is 2.28. The summed E-state index contributed by atoms with van der Waals surface area (Å²) in [5.41, 5.74) is 5.38.